The van der Waals surface area contributed by atoms with Crippen LogP contribution in [0.25, 0.3) is 6.08 Å². The van der Waals surface area contributed by atoms with Crippen molar-refractivity contribution >= 4 is 50.9 Å². The van der Waals surface area contributed by atoms with Crippen molar-refractivity contribution in [2.45, 2.75) is 6.61 Å². The predicted octanol–water partition coefficient (Wildman–Crippen LogP) is 4.29. The summed E-state index contributed by atoms with van der Waals surface area (Å²) in [5.41, 5.74) is 1.15. The summed E-state index contributed by atoms with van der Waals surface area (Å²) in [5, 5.41) is 8.19. The Morgan fingerprint density at radius 3 is 2.75 bits per heavy atom. The number of ether oxygens (including phenoxy) is 1. The number of halogens is 2. The topological polar surface area (TPSA) is 83.9 Å². The van der Waals surface area contributed by atoms with Crippen LogP contribution in [0, 0.1) is 5.82 Å². The average Bonchev–Trinajstić information content (AvgIpc) is 2.88. The van der Waals surface area contributed by atoms with E-state index < -0.39 is 23.7 Å². The van der Waals surface area contributed by atoms with Crippen molar-refractivity contribution in [2.24, 2.45) is 0 Å². The molecule has 1 aliphatic heterocycles. The zero-order valence-corrected chi connectivity index (χ0v) is 16.6. The SMILES string of the molecule is O=C(O)CN1C(=O)S/C(=C/c2cc(Br)ccc2OCc2cccc(F)c2)C1=O. The zero-order chi connectivity index (χ0) is 20.3. The molecule has 0 atom stereocenters. The second-order valence-electron chi connectivity index (χ2n) is 5.76. The molecule has 1 fully saturated rings. The number of imide groups is 1. The minimum Gasteiger partial charge on any atom is -0.488 e. The normalized spacial score (nSPS) is 15.4. The second kappa shape index (κ2) is 8.57. The lowest BCUT2D eigenvalue weighted by molar-refractivity contribution is -0.140. The number of carboxylic acid groups (broad SMARTS) is 1. The Hall–Kier alpha value is -2.65. The maximum absolute atomic E-state index is 13.3. The van der Waals surface area contributed by atoms with E-state index in [1.807, 2.05) is 0 Å². The van der Waals surface area contributed by atoms with Gasteiger partial charge in [0.05, 0.1) is 4.91 Å². The Morgan fingerprint density at radius 1 is 1.25 bits per heavy atom. The van der Waals surface area contributed by atoms with Crippen molar-refractivity contribution in [3.8, 4) is 5.75 Å². The molecule has 0 aromatic heterocycles. The third-order valence-electron chi connectivity index (χ3n) is 3.71. The molecular weight excluding hydrogens is 453 g/mol. The quantitative estimate of drug-likeness (QED) is 0.640. The summed E-state index contributed by atoms with van der Waals surface area (Å²) in [5.74, 6) is -1.89. The van der Waals surface area contributed by atoms with Gasteiger partial charge >= 0.3 is 5.97 Å². The Labute approximate surface area is 172 Å². The fraction of sp³-hybridized carbons (Fsp3) is 0.105. The van der Waals surface area contributed by atoms with Crippen LogP contribution in [0.4, 0.5) is 9.18 Å². The van der Waals surface area contributed by atoms with E-state index in [2.05, 4.69) is 15.9 Å². The number of thioether (sulfide) groups is 1. The highest BCUT2D eigenvalue weighted by Gasteiger charge is 2.36. The number of nitrogens with zero attached hydrogens (tertiary/aromatic N) is 1. The third-order valence-corrected chi connectivity index (χ3v) is 5.11. The van der Waals surface area contributed by atoms with Crippen LogP contribution in [0.5, 0.6) is 5.75 Å². The lowest BCUT2D eigenvalue weighted by atomic mass is 10.1. The van der Waals surface area contributed by atoms with E-state index in [9.17, 15) is 18.8 Å². The van der Waals surface area contributed by atoms with E-state index in [1.165, 1.54) is 18.2 Å². The first-order valence-corrected chi connectivity index (χ1v) is 9.58. The van der Waals surface area contributed by atoms with Gasteiger partial charge in [0, 0.05) is 10.0 Å². The highest BCUT2D eigenvalue weighted by Crippen LogP contribution is 2.35. The number of carboxylic acids is 1. The van der Waals surface area contributed by atoms with E-state index in [1.54, 1.807) is 30.3 Å². The molecule has 9 heteroatoms. The largest absolute Gasteiger partial charge is 0.488 e. The molecule has 0 spiro atoms. The molecule has 6 nitrogen and oxygen atoms in total. The summed E-state index contributed by atoms with van der Waals surface area (Å²) < 4.78 is 19.8. The highest BCUT2D eigenvalue weighted by atomic mass is 79.9. The molecule has 144 valence electrons. The molecule has 1 saturated heterocycles. The van der Waals surface area contributed by atoms with E-state index in [0.29, 0.717) is 33.5 Å². The summed E-state index contributed by atoms with van der Waals surface area (Å²) in [4.78, 5) is 35.8. The van der Waals surface area contributed by atoms with Gasteiger partial charge in [-0.15, -0.1) is 0 Å². The molecule has 0 radical (unpaired) electrons. The first kappa shape index (κ1) is 20.1. The van der Waals surface area contributed by atoms with Gasteiger partial charge in [0.1, 0.15) is 24.7 Å². The minimum atomic E-state index is -1.27. The Morgan fingerprint density at radius 2 is 2.04 bits per heavy atom. The predicted molar refractivity (Wildman–Crippen MR) is 105 cm³/mol. The van der Waals surface area contributed by atoms with Crippen molar-refractivity contribution < 1.29 is 28.6 Å². The van der Waals surface area contributed by atoms with Gasteiger partial charge in [0.25, 0.3) is 11.1 Å². The lowest BCUT2D eigenvalue weighted by Crippen LogP contribution is -2.33. The maximum atomic E-state index is 13.3. The van der Waals surface area contributed by atoms with Crippen molar-refractivity contribution in [3.63, 3.8) is 0 Å². The summed E-state index contributed by atoms with van der Waals surface area (Å²) in [6.07, 6.45) is 1.47. The van der Waals surface area contributed by atoms with Crippen molar-refractivity contribution in [1.82, 2.24) is 4.90 Å². The Kier molecular flexibility index (Phi) is 6.15. The third kappa shape index (κ3) is 4.79. The monoisotopic (exact) mass is 465 g/mol. The Bertz CT molecular complexity index is 994. The molecule has 1 aliphatic rings. The van der Waals surface area contributed by atoms with Gasteiger partial charge in [-0.1, -0.05) is 28.1 Å². The van der Waals surface area contributed by atoms with Crippen molar-refractivity contribution in [2.75, 3.05) is 6.54 Å². The van der Waals surface area contributed by atoms with Crippen LogP contribution in [0.1, 0.15) is 11.1 Å². The number of benzene rings is 2. The van der Waals surface area contributed by atoms with Crippen LogP contribution in [0.15, 0.2) is 51.8 Å². The molecule has 2 aromatic rings. The van der Waals surface area contributed by atoms with Crippen LogP contribution in [0.2, 0.25) is 0 Å². The van der Waals surface area contributed by atoms with Gasteiger partial charge in [-0.2, -0.15) is 0 Å². The molecule has 2 amide bonds. The standard InChI is InChI=1S/C19H13BrFNO5S/c20-13-4-5-15(27-10-11-2-1-3-14(21)6-11)12(7-13)8-16-18(25)22(9-17(23)24)19(26)28-16/h1-8H,9-10H2,(H,23,24)/b16-8+. The number of carbonyl (C=O) groups is 3. The summed E-state index contributed by atoms with van der Waals surface area (Å²) >= 11 is 4.01. The van der Waals surface area contributed by atoms with Crippen LogP contribution in [-0.4, -0.2) is 33.7 Å². The van der Waals surface area contributed by atoms with E-state index in [0.717, 1.165) is 4.47 Å². The number of carbonyl (C=O) groups excluding carboxylic acids is 2. The van der Waals surface area contributed by atoms with Gasteiger partial charge in [-0.05, 0) is 53.7 Å². The number of hydrogen-bond donors (Lipinski definition) is 1. The second-order valence-corrected chi connectivity index (χ2v) is 7.67. The number of amides is 2. The van der Waals surface area contributed by atoms with Gasteiger partial charge in [0.15, 0.2) is 0 Å². The first-order valence-electron chi connectivity index (χ1n) is 7.97. The molecule has 1 heterocycles. The van der Waals surface area contributed by atoms with E-state index >= 15 is 0 Å². The molecule has 0 bridgehead atoms. The zero-order valence-electron chi connectivity index (χ0n) is 14.2. The van der Waals surface area contributed by atoms with Crippen LogP contribution in [0.3, 0.4) is 0 Å². The van der Waals surface area contributed by atoms with Gasteiger partial charge in [-0.3, -0.25) is 19.3 Å². The van der Waals surface area contributed by atoms with Crippen LogP contribution < -0.4 is 4.74 Å². The molecule has 3 rings (SSSR count). The molecule has 28 heavy (non-hydrogen) atoms. The number of rotatable bonds is 6. The highest BCUT2D eigenvalue weighted by molar-refractivity contribution is 9.10. The molecule has 1 N–H and O–H groups in total. The maximum Gasteiger partial charge on any atom is 0.323 e. The fourth-order valence-corrected chi connectivity index (χ4v) is 3.67. The van der Waals surface area contributed by atoms with Gasteiger partial charge in [-0.25, -0.2) is 4.39 Å². The van der Waals surface area contributed by atoms with Crippen molar-refractivity contribution in [1.29, 1.82) is 0 Å². The summed E-state index contributed by atoms with van der Waals surface area (Å²) in [6.45, 7) is -0.579. The lowest BCUT2D eigenvalue weighted by Gasteiger charge is -2.11. The summed E-state index contributed by atoms with van der Waals surface area (Å²) in [7, 11) is 0. The van der Waals surface area contributed by atoms with Gasteiger partial charge in [0.2, 0.25) is 0 Å². The van der Waals surface area contributed by atoms with Crippen LogP contribution >= 0.6 is 27.7 Å². The summed E-state index contributed by atoms with van der Waals surface area (Å²) in [6, 6.07) is 11.1. The Balaban J connectivity index is 1.84. The minimum absolute atomic E-state index is 0.0972. The number of aliphatic carboxylic acids is 1. The van der Waals surface area contributed by atoms with Crippen LogP contribution in [-0.2, 0) is 16.2 Å². The van der Waals surface area contributed by atoms with E-state index in [4.69, 9.17) is 9.84 Å². The van der Waals surface area contributed by atoms with E-state index in [-0.39, 0.29) is 17.3 Å². The molecule has 0 aliphatic carbocycles. The van der Waals surface area contributed by atoms with Gasteiger partial charge < -0.3 is 9.84 Å². The molecule has 2 aromatic carbocycles. The number of hydrogen-bond acceptors (Lipinski definition) is 5. The smallest absolute Gasteiger partial charge is 0.323 e. The molecule has 0 unspecified atom stereocenters. The molecule has 0 saturated carbocycles. The first-order chi connectivity index (χ1) is 13.3. The van der Waals surface area contributed by atoms with Crippen molar-refractivity contribution in [3.05, 3.63) is 68.8 Å². The molecular formula is C19H13BrFNO5S. The fourth-order valence-electron chi connectivity index (χ4n) is 2.46. The average molecular weight is 466 g/mol.